The van der Waals surface area contributed by atoms with Crippen molar-refractivity contribution in [2.24, 2.45) is 5.92 Å². The van der Waals surface area contributed by atoms with Crippen molar-refractivity contribution in [3.05, 3.63) is 65.6 Å². The Balaban J connectivity index is 1.36. The fourth-order valence-corrected chi connectivity index (χ4v) is 3.83. The molecule has 3 heterocycles. The molecule has 2 N–H and O–H groups in total. The summed E-state index contributed by atoms with van der Waals surface area (Å²) in [5.74, 6) is 0.406. The molecule has 0 unspecified atom stereocenters. The maximum Gasteiger partial charge on any atom is 0.255 e. The number of nitrogens with one attached hydrogen (secondary N) is 2. The molecule has 0 atom stereocenters. The number of aromatic amines is 1. The summed E-state index contributed by atoms with van der Waals surface area (Å²) in [6.07, 6.45) is 7.81. The van der Waals surface area contributed by atoms with E-state index in [0.29, 0.717) is 23.6 Å². The lowest BCUT2D eigenvalue weighted by Crippen LogP contribution is -2.38. The van der Waals surface area contributed by atoms with E-state index in [-0.39, 0.29) is 11.8 Å². The average Bonchev–Trinajstić information content (AvgIpc) is 3.17. The molecule has 0 bridgehead atoms. The first kappa shape index (κ1) is 19.2. The molecule has 0 aliphatic carbocycles. The SMILES string of the molecule is CC1CCN(C(=O)c2cncc(C(=O)NCCc3c[nH]c4ccccc34)c2)CC1. The van der Waals surface area contributed by atoms with E-state index in [2.05, 4.69) is 28.3 Å². The minimum Gasteiger partial charge on any atom is -0.361 e. The molecule has 1 aromatic carbocycles. The topological polar surface area (TPSA) is 78.1 Å². The zero-order chi connectivity index (χ0) is 20.2. The first-order valence-electron chi connectivity index (χ1n) is 10.2. The van der Waals surface area contributed by atoms with Crippen LogP contribution in [0.5, 0.6) is 0 Å². The van der Waals surface area contributed by atoms with Gasteiger partial charge in [-0.05, 0) is 42.9 Å². The smallest absolute Gasteiger partial charge is 0.255 e. The average molecular weight is 390 g/mol. The molecular formula is C23H26N4O2. The molecule has 1 saturated heterocycles. The van der Waals surface area contributed by atoms with Crippen LogP contribution in [0.1, 0.15) is 46.0 Å². The van der Waals surface area contributed by atoms with Gasteiger partial charge in [0.15, 0.2) is 0 Å². The van der Waals surface area contributed by atoms with E-state index in [1.165, 1.54) is 17.1 Å². The van der Waals surface area contributed by atoms with Crippen molar-refractivity contribution in [3.8, 4) is 0 Å². The van der Waals surface area contributed by atoms with Crippen molar-refractivity contribution in [2.75, 3.05) is 19.6 Å². The van der Waals surface area contributed by atoms with Crippen molar-refractivity contribution in [1.29, 1.82) is 0 Å². The number of carbonyl (C=O) groups is 2. The summed E-state index contributed by atoms with van der Waals surface area (Å²) in [4.78, 5) is 34.5. The summed E-state index contributed by atoms with van der Waals surface area (Å²) < 4.78 is 0. The van der Waals surface area contributed by atoms with E-state index in [9.17, 15) is 9.59 Å². The Hall–Kier alpha value is -3.15. The number of nitrogens with zero attached hydrogens (tertiary/aromatic N) is 2. The molecule has 3 aromatic rings. The fourth-order valence-electron chi connectivity index (χ4n) is 3.83. The largest absolute Gasteiger partial charge is 0.361 e. The third-order valence-corrected chi connectivity index (χ3v) is 5.67. The lowest BCUT2D eigenvalue weighted by atomic mass is 9.98. The van der Waals surface area contributed by atoms with Gasteiger partial charge in [-0.2, -0.15) is 0 Å². The lowest BCUT2D eigenvalue weighted by molar-refractivity contribution is 0.0697. The van der Waals surface area contributed by atoms with Gasteiger partial charge >= 0.3 is 0 Å². The lowest BCUT2D eigenvalue weighted by Gasteiger charge is -2.30. The molecule has 2 amide bonds. The van der Waals surface area contributed by atoms with E-state index < -0.39 is 0 Å². The normalized spacial score (nSPS) is 14.9. The number of benzene rings is 1. The third-order valence-electron chi connectivity index (χ3n) is 5.67. The number of para-hydroxylation sites is 1. The summed E-state index contributed by atoms with van der Waals surface area (Å²) in [5.41, 5.74) is 3.16. The highest BCUT2D eigenvalue weighted by molar-refractivity contribution is 5.99. The molecule has 6 heteroatoms. The highest BCUT2D eigenvalue weighted by Crippen LogP contribution is 2.19. The predicted molar refractivity (Wildman–Crippen MR) is 113 cm³/mol. The number of aromatic nitrogens is 2. The summed E-state index contributed by atoms with van der Waals surface area (Å²) in [7, 11) is 0. The molecule has 150 valence electrons. The number of fused-ring (bicyclic) bond motifs is 1. The van der Waals surface area contributed by atoms with Crippen molar-refractivity contribution in [1.82, 2.24) is 20.2 Å². The van der Waals surface area contributed by atoms with Gasteiger partial charge in [0.1, 0.15) is 0 Å². The maximum absolute atomic E-state index is 12.7. The van der Waals surface area contributed by atoms with Crippen molar-refractivity contribution in [2.45, 2.75) is 26.2 Å². The Morgan fingerprint density at radius 3 is 2.76 bits per heavy atom. The minimum absolute atomic E-state index is 0.0437. The molecule has 1 fully saturated rings. The van der Waals surface area contributed by atoms with Gasteiger partial charge in [0.05, 0.1) is 11.1 Å². The van der Waals surface area contributed by atoms with Crippen molar-refractivity contribution < 1.29 is 9.59 Å². The van der Waals surface area contributed by atoms with Crippen LogP contribution in [0.15, 0.2) is 48.9 Å². The highest BCUT2D eigenvalue weighted by Gasteiger charge is 2.22. The molecule has 2 aromatic heterocycles. The number of H-pyrrole nitrogens is 1. The Labute approximate surface area is 170 Å². The number of rotatable bonds is 5. The number of hydrogen-bond acceptors (Lipinski definition) is 3. The van der Waals surface area contributed by atoms with Crippen LogP contribution < -0.4 is 5.32 Å². The van der Waals surface area contributed by atoms with Gasteiger partial charge in [-0.15, -0.1) is 0 Å². The number of amides is 2. The van der Waals surface area contributed by atoms with Crippen LogP contribution in [0.3, 0.4) is 0 Å². The van der Waals surface area contributed by atoms with Crippen LogP contribution in [0.25, 0.3) is 10.9 Å². The Kier molecular flexibility index (Phi) is 5.60. The summed E-state index contributed by atoms with van der Waals surface area (Å²) >= 11 is 0. The van der Waals surface area contributed by atoms with Crippen molar-refractivity contribution in [3.63, 3.8) is 0 Å². The minimum atomic E-state index is -0.209. The number of pyridine rings is 1. The predicted octanol–water partition coefficient (Wildman–Crippen LogP) is 3.41. The summed E-state index contributed by atoms with van der Waals surface area (Å²) in [6, 6.07) is 9.76. The molecule has 0 saturated carbocycles. The van der Waals surface area contributed by atoms with Gasteiger partial charge in [0, 0.05) is 49.1 Å². The van der Waals surface area contributed by atoms with E-state index in [1.807, 2.05) is 29.3 Å². The second-order valence-electron chi connectivity index (χ2n) is 7.80. The monoisotopic (exact) mass is 390 g/mol. The van der Waals surface area contributed by atoms with E-state index in [4.69, 9.17) is 0 Å². The van der Waals surface area contributed by atoms with Crippen LogP contribution in [0.2, 0.25) is 0 Å². The van der Waals surface area contributed by atoms with Gasteiger partial charge in [-0.1, -0.05) is 25.1 Å². The first-order chi connectivity index (χ1) is 14.1. The van der Waals surface area contributed by atoms with Crippen molar-refractivity contribution >= 4 is 22.7 Å². The Morgan fingerprint density at radius 2 is 1.93 bits per heavy atom. The zero-order valence-electron chi connectivity index (χ0n) is 16.6. The van der Waals surface area contributed by atoms with Gasteiger partial charge in [-0.3, -0.25) is 14.6 Å². The van der Waals surface area contributed by atoms with Gasteiger partial charge in [-0.25, -0.2) is 0 Å². The molecular weight excluding hydrogens is 364 g/mol. The quantitative estimate of drug-likeness (QED) is 0.701. The van der Waals surface area contributed by atoms with Crippen LogP contribution in [-0.2, 0) is 6.42 Å². The molecule has 0 radical (unpaired) electrons. The number of hydrogen-bond donors (Lipinski definition) is 2. The number of carbonyl (C=O) groups excluding carboxylic acids is 2. The number of likely N-dealkylation sites (tertiary alicyclic amines) is 1. The summed E-state index contributed by atoms with van der Waals surface area (Å²) in [5, 5.41) is 4.11. The zero-order valence-corrected chi connectivity index (χ0v) is 16.6. The van der Waals surface area contributed by atoms with Gasteiger partial charge in [0.2, 0.25) is 0 Å². The van der Waals surface area contributed by atoms with Gasteiger partial charge < -0.3 is 15.2 Å². The molecule has 0 spiro atoms. The van der Waals surface area contributed by atoms with Crippen LogP contribution in [-0.4, -0.2) is 46.3 Å². The van der Waals surface area contributed by atoms with Crippen LogP contribution in [0, 0.1) is 5.92 Å². The van der Waals surface area contributed by atoms with E-state index in [1.54, 1.807) is 12.3 Å². The molecule has 1 aliphatic heterocycles. The Bertz CT molecular complexity index is 1020. The first-order valence-corrected chi connectivity index (χ1v) is 10.2. The van der Waals surface area contributed by atoms with Crippen LogP contribution in [0.4, 0.5) is 0 Å². The van der Waals surface area contributed by atoms with E-state index in [0.717, 1.165) is 37.9 Å². The molecule has 4 rings (SSSR count). The molecule has 6 nitrogen and oxygen atoms in total. The Morgan fingerprint density at radius 1 is 1.17 bits per heavy atom. The second-order valence-corrected chi connectivity index (χ2v) is 7.80. The molecule has 29 heavy (non-hydrogen) atoms. The number of piperidine rings is 1. The highest BCUT2D eigenvalue weighted by atomic mass is 16.2. The van der Waals surface area contributed by atoms with E-state index >= 15 is 0 Å². The molecule has 1 aliphatic rings. The third kappa shape index (κ3) is 4.31. The fraction of sp³-hybridized carbons (Fsp3) is 0.348. The van der Waals surface area contributed by atoms with Gasteiger partial charge in [0.25, 0.3) is 11.8 Å². The van der Waals surface area contributed by atoms with Crippen LogP contribution >= 0.6 is 0 Å². The standard InChI is InChI=1S/C23H26N4O2/c1-16-7-10-27(11-8-16)23(29)19-12-18(13-24-14-19)22(28)25-9-6-17-15-26-21-5-3-2-4-20(17)21/h2-5,12-16,26H,6-11H2,1H3,(H,25,28). The second kappa shape index (κ2) is 8.47. The maximum atomic E-state index is 12.7. The summed E-state index contributed by atoms with van der Waals surface area (Å²) in [6.45, 7) is 4.26.